The van der Waals surface area contributed by atoms with Gasteiger partial charge in [0.1, 0.15) is 11.5 Å². The Morgan fingerprint density at radius 3 is 2.42 bits per heavy atom. The highest BCUT2D eigenvalue weighted by Gasteiger charge is 2.32. The fraction of sp³-hybridized carbons (Fsp3) is 0.312. The molecule has 0 amide bonds. The summed E-state index contributed by atoms with van der Waals surface area (Å²) in [5.74, 6) is -0.917. The van der Waals surface area contributed by atoms with Crippen molar-refractivity contribution in [2.24, 2.45) is 5.73 Å². The minimum atomic E-state index is -4.56. The first-order chi connectivity index (χ1) is 12.1. The number of sulfonamides is 1. The normalized spacial score (nSPS) is 13.6. The number of rotatable bonds is 7. The maximum absolute atomic E-state index is 13.6. The molecule has 1 heterocycles. The molecule has 0 aliphatic rings. The van der Waals surface area contributed by atoms with Crippen molar-refractivity contribution in [3.05, 3.63) is 65.2 Å². The van der Waals surface area contributed by atoms with E-state index in [-0.39, 0.29) is 18.5 Å². The van der Waals surface area contributed by atoms with Gasteiger partial charge in [0.15, 0.2) is 0 Å². The second kappa shape index (κ2) is 8.11. The van der Waals surface area contributed by atoms with E-state index in [1.165, 1.54) is 18.2 Å². The number of hydrogen-bond acceptors (Lipinski definition) is 4. The summed E-state index contributed by atoms with van der Waals surface area (Å²) < 4.78 is 77.2. The van der Waals surface area contributed by atoms with E-state index in [4.69, 9.17) is 5.73 Å². The van der Waals surface area contributed by atoms with Gasteiger partial charge in [-0.25, -0.2) is 17.5 Å². The van der Waals surface area contributed by atoms with Crippen LogP contribution in [-0.2, 0) is 29.2 Å². The molecule has 1 aromatic heterocycles. The zero-order valence-corrected chi connectivity index (χ0v) is 14.3. The quantitative estimate of drug-likeness (QED) is 0.709. The highest BCUT2D eigenvalue weighted by Crippen LogP contribution is 2.27. The van der Waals surface area contributed by atoms with Crippen molar-refractivity contribution in [2.75, 3.05) is 5.75 Å². The van der Waals surface area contributed by atoms with Crippen molar-refractivity contribution in [1.82, 2.24) is 9.71 Å². The second-order valence-electron chi connectivity index (χ2n) is 5.71. The lowest BCUT2D eigenvalue weighted by Gasteiger charge is -2.14. The van der Waals surface area contributed by atoms with Gasteiger partial charge in [-0.15, -0.1) is 0 Å². The van der Waals surface area contributed by atoms with Crippen molar-refractivity contribution in [3.8, 4) is 0 Å². The summed E-state index contributed by atoms with van der Waals surface area (Å²) in [4.78, 5) is 3.25. The average molecular weight is 391 g/mol. The van der Waals surface area contributed by atoms with E-state index in [0.717, 1.165) is 18.3 Å². The zero-order chi connectivity index (χ0) is 19.4. The van der Waals surface area contributed by atoms with Crippen LogP contribution in [0.15, 0.2) is 42.6 Å². The number of nitrogens with zero attached hydrogens (tertiary/aromatic N) is 1. The van der Waals surface area contributed by atoms with Crippen LogP contribution in [0.5, 0.6) is 0 Å². The number of halogens is 4. The molecule has 0 radical (unpaired) electrons. The Labute approximate surface area is 148 Å². The van der Waals surface area contributed by atoms with E-state index < -0.39 is 39.5 Å². The maximum atomic E-state index is 13.6. The molecule has 2 rings (SSSR count). The first-order valence-electron chi connectivity index (χ1n) is 7.55. The van der Waals surface area contributed by atoms with Gasteiger partial charge in [0.2, 0.25) is 10.0 Å². The van der Waals surface area contributed by atoms with E-state index in [0.29, 0.717) is 5.56 Å². The second-order valence-corrected chi connectivity index (χ2v) is 7.56. The molecule has 0 bridgehead atoms. The van der Waals surface area contributed by atoms with Crippen LogP contribution in [0.4, 0.5) is 17.6 Å². The number of alkyl halides is 3. The third-order valence-corrected chi connectivity index (χ3v) is 4.94. The molecule has 5 nitrogen and oxygen atoms in total. The highest BCUT2D eigenvalue weighted by atomic mass is 32.2. The standard InChI is InChI=1S/C16H17F4N3O2S/c17-14-4-2-1-3-12(14)7-13(21)10-26(24,25)23-9-11-5-6-15(22-8-11)16(18,19)20/h1-6,8,13,23H,7,9-10,21H2/t13-/m1/s1. The van der Waals surface area contributed by atoms with Gasteiger partial charge in [-0.05, 0) is 29.7 Å². The molecule has 0 spiro atoms. The molecule has 0 saturated carbocycles. The van der Waals surface area contributed by atoms with Crippen molar-refractivity contribution < 1.29 is 26.0 Å². The van der Waals surface area contributed by atoms with Crippen LogP contribution >= 0.6 is 0 Å². The molecule has 0 saturated heterocycles. The maximum Gasteiger partial charge on any atom is 0.433 e. The monoisotopic (exact) mass is 391 g/mol. The molecule has 3 N–H and O–H groups in total. The summed E-state index contributed by atoms with van der Waals surface area (Å²) in [7, 11) is -3.80. The van der Waals surface area contributed by atoms with Gasteiger partial charge in [-0.3, -0.25) is 4.98 Å². The van der Waals surface area contributed by atoms with E-state index in [9.17, 15) is 26.0 Å². The Kier molecular flexibility index (Phi) is 6.32. The third-order valence-electron chi connectivity index (χ3n) is 3.48. The summed E-state index contributed by atoms with van der Waals surface area (Å²) >= 11 is 0. The molecule has 1 atom stereocenters. The number of pyridine rings is 1. The molecule has 0 fully saturated rings. The highest BCUT2D eigenvalue weighted by molar-refractivity contribution is 7.89. The summed E-state index contributed by atoms with van der Waals surface area (Å²) in [6.45, 7) is -0.222. The average Bonchev–Trinajstić information content (AvgIpc) is 2.54. The Balaban J connectivity index is 1.91. The van der Waals surface area contributed by atoms with Gasteiger partial charge in [-0.2, -0.15) is 13.2 Å². The van der Waals surface area contributed by atoms with Crippen LogP contribution < -0.4 is 10.5 Å². The molecule has 0 unspecified atom stereocenters. The van der Waals surface area contributed by atoms with Crippen molar-refractivity contribution in [1.29, 1.82) is 0 Å². The van der Waals surface area contributed by atoms with Crippen LogP contribution in [0.2, 0.25) is 0 Å². The number of aromatic nitrogens is 1. The first-order valence-corrected chi connectivity index (χ1v) is 9.20. The van der Waals surface area contributed by atoms with E-state index >= 15 is 0 Å². The van der Waals surface area contributed by atoms with Gasteiger partial charge in [0.05, 0.1) is 5.75 Å². The summed E-state index contributed by atoms with van der Waals surface area (Å²) in [5, 5.41) is 0. The lowest BCUT2D eigenvalue weighted by Crippen LogP contribution is -2.37. The summed E-state index contributed by atoms with van der Waals surface area (Å²) in [5.41, 5.74) is 5.29. The van der Waals surface area contributed by atoms with Gasteiger partial charge < -0.3 is 5.73 Å². The smallest absolute Gasteiger partial charge is 0.326 e. The lowest BCUT2D eigenvalue weighted by molar-refractivity contribution is -0.141. The Hall–Kier alpha value is -2.04. The van der Waals surface area contributed by atoms with Crippen molar-refractivity contribution >= 4 is 10.0 Å². The molecular weight excluding hydrogens is 374 g/mol. The molecule has 1 aromatic carbocycles. The molecule has 0 aliphatic heterocycles. The molecule has 2 aromatic rings. The Morgan fingerprint density at radius 2 is 1.85 bits per heavy atom. The van der Waals surface area contributed by atoms with Gasteiger partial charge in [0, 0.05) is 18.8 Å². The van der Waals surface area contributed by atoms with E-state index in [2.05, 4.69) is 9.71 Å². The predicted molar refractivity (Wildman–Crippen MR) is 87.9 cm³/mol. The SMILES string of the molecule is N[C@H](Cc1ccccc1F)CS(=O)(=O)NCc1ccc(C(F)(F)F)nc1. The minimum Gasteiger partial charge on any atom is -0.326 e. The van der Waals surface area contributed by atoms with Crippen LogP contribution in [0.25, 0.3) is 0 Å². The molecule has 26 heavy (non-hydrogen) atoms. The lowest BCUT2D eigenvalue weighted by atomic mass is 10.1. The van der Waals surface area contributed by atoms with Crippen LogP contribution in [0.1, 0.15) is 16.8 Å². The van der Waals surface area contributed by atoms with Crippen LogP contribution in [0.3, 0.4) is 0 Å². The zero-order valence-electron chi connectivity index (χ0n) is 13.5. The third kappa shape index (κ3) is 6.04. The van der Waals surface area contributed by atoms with Gasteiger partial charge >= 0.3 is 6.18 Å². The number of hydrogen-bond donors (Lipinski definition) is 2. The number of nitrogens with one attached hydrogen (secondary N) is 1. The van der Waals surface area contributed by atoms with E-state index in [1.807, 2.05) is 0 Å². The molecular formula is C16H17F4N3O2S. The number of benzene rings is 1. The Bertz CT molecular complexity index is 839. The number of nitrogens with two attached hydrogens (primary N) is 1. The summed E-state index contributed by atoms with van der Waals surface area (Å²) in [6.07, 6.45) is -3.57. The summed E-state index contributed by atoms with van der Waals surface area (Å²) in [6, 6.07) is 6.98. The molecule has 0 aliphatic carbocycles. The largest absolute Gasteiger partial charge is 0.433 e. The molecule has 10 heteroatoms. The predicted octanol–water partition coefficient (Wildman–Crippen LogP) is 2.23. The fourth-order valence-electron chi connectivity index (χ4n) is 2.24. The molecule has 142 valence electrons. The Morgan fingerprint density at radius 1 is 1.15 bits per heavy atom. The van der Waals surface area contributed by atoms with Gasteiger partial charge in [0.25, 0.3) is 0 Å². The van der Waals surface area contributed by atoms with Crippen LogP contribution in [0, 0.1) is 5.82 Å². The first kappa shape index (κ1) is 20.3. The van der Waals surface area contributed by atoms with Gasteiger partial charge in [-0.1, -0.05) is 24.3 Å². The van der Waals surface area contributed by atoms with Crippen molar-refractivity contribution in [3.63, 3.8) is 0 Å². The fourth-order valence-corrected chi connectivity index (χ4v) is 3.42. The van der Waals surface area contributed by atoms with Crippen molar-refractivity contribution in [2.45, 2.75) is 25.2 Å². The van der Waals surface area contributed by atoms with E-state index in [1.54, 1.807) is 6.07 Å². The topological polar surface area (TPSA) is 85.1 Å². The minimum absolute atomic E-state index is 0.0371. The van der Waals surface area contributed by atoms with Crippen LogP contribution in [-0.4, -0.2) is 25.2 Å².